The van der Waals surface area contributed by atoms with Gasteiger partial charge in [-0.05, 0) is 82.0 Å². The zero-order valence-electron chi connectivity index (χ0n) is 24.3. The lowest BCUT2D eigenvalue weighted by Gasteiger charge is -2.31. The quantitative estimate of drug-likeness (QED) is 0.208. The number of carbonyl (C=O) groups is 1. The molecule has 2 heterocycles. The second-order valence-corrected chi connectivity index (χ2v) is 14.4. The summed E-state index contributed by atoms with van der Waals surface area (Å²) in [7, 11) is 0. The van der Waals surface area contributed by atoms with Crippen molar-refractivity contribution in [3.8, 4) is 21.7 Å². The smallest absolute Gasteiger partial charge is 0.446 e. The van der Waals surface area contributed by atoms with Gasteiger partial charge in [0.2, 0.25) is 0 Å². The molecule has 224 valence electrons. The maximum atomic E-state index is 13.2. The van der Waals surface area contributed by atoms with Crippen LogP contribution < -0.4 is 0 Å². The normalized spacial score (nSPS) is 15.8. The highest BCUT2D eigenvalue weighted by Crippen LogP contribution is 2.45. The van der Waals surface area contributed by atoms with Gasteiger partial charge in [0.15, 0.2) is 0 Å². The standard InChI is InChI=1S/C34H33F3N2O2S2/c1-33(2,3)23-16-22(17-24(18-23)43-34(35,36)37)31-38-19-30(42-31)21-12-14-39(15-13-21)32(40)41-20-29-27-10-6-4-8-25(27)26-9-5-7-11-28(26)29/h4-11,16-19,21,29H,12-15,20H2,1-3H3. The fourth-order valence-corrected chi connectivity index (χ4v) is 7.70. The number of rotatable bonds is 5. The molecule has 1 fully saturated rings. The molecule has 0 bridgehead atoms. The van der Waals surface area contributed by atoms with Gasteiger partial charge < -0.3 is 9.64 Å². The van der Waals surface area contributed by atoms with E-state index in [2.05, 4.69) is 29.2 Å². The molecule has 2 aliphatic rings. The fourth-order valence-electron chi connectivity index (χ4n) is 5.99. The van der Waals surface area contributed by atoms with Crippen LogP contribution in [0.3, 0.4) is 0 Å². The zero-order valence-corrected chi connectivity index (χ0v) is 25.9. The van der Waals surface area contributed by atoms with Crippen molar-refractivity contribution in [2.45, 2.75) is 61.3 Å². The molecule has 0 atom stereocenters. The van der Waals surface area contributed by atoms with Crippen molar-refractivity contribution in [1.82, 2.24) is 9.88 Å². The molecule has 4 nitrogen and oxygen atoms in total. The molecule has 0 radical (unpaired) electrons. The molecule has 1 aromatic heterocycles. The van der Waals surface area contributed by atoms with E-state index in [1.807, 2.05) is 57.3 Å². The number of fused-ring (bicyclic) bond motifs is 3. The number of ether oxygens (including phenoxy) is 1. The van der Waals surface area contributed by atoms with Crippen LogP contribution in [0.5, 0.6) is 0 Å². The molecular formula is C34H33F3N2O2S2. The predicted molar refractivity (Wildman–Crippen MR) is 167 cm³/mol. The molecule has 1 amide bonds. The molecule has 0 N–H and O–H groups in total. The van der Waals surface area contributed by atoms with Gasteiger partial charge >= 0.3 is 11.6 Å². The number of hydrogen-bond donors (Lipinski definition) is 0. The number of carbonyl (C=O) groups excluding carboxylic acids is 1. The van der Waals surface area contributed by atoms with Crippen molar-refractivity contribution in [3.05, 3.63) is 94.5 Å². The minimum Gasteiger partial charge on any atom is -0.448 e. The summed E-state index contributed by atoms with van der Waals surface area (Å²) in [6.07, 6.45) is 3.11. The maximum Gasteiger partial charge on any atom is 0.446 e. The van der Waals surface area contributed by atoms with Crippen LogP contribution in [0, 0.1) is 0 Å². The van der Waals surface area contributed by atoms with E-state index in [4.69, 9.17) is 4.74 Å². The first kappa shape index (κ1) is 29.8. The van der Waals surface area contributed by atoms with Gasteiger partial charge in [-0.15, -0.1) is 11.3 Å². The summed E-state index contributed by atoms with van der Waals surface area (Å²) in [4.78, 5) is 20.7. The second kappa shape index (κ2) is 11.7. The lowest BCUT2D eigenvalue weighted by atomic mass is 9.86. The van der Waals surface area contributed by atoms with E-state index in [1.165, 1.54) is 33.6 Å². The van der Waals surface area contributed by atoms with Crippen LogP contribution in [0.4, 0.5) is 18.0 Å². The molecule has 1 saturated heterocycles. The van der Waals surface area contributed by atoms with Gasteiger partial charge in [-0.2, -0.15) is 13.2 Å². The van der Waals surface area contributed by atoms with Crippen LogP contribution in [-0.4, -0.2) is 41.2 Å². The van der Waals surface area contributed by atoms with Gasteiger partial charge in [0.1, 0.15) is 11.6 Å². The molecule has 9 heteroatoms. The lowest BCUT2D eigenvalue weighted by Crippen LogP contribution is -2.38. The summed E-state index contributed by atoms with van der Waals surface area (Å²) in [5.74, 6) is 0.259. The van der Waals surface area contributed by atoms with E-state index in [9.17, 15) is 18.0 Å². The Bertz CT molecular complexity index is 1590. The summed E-state index contributed by atoms with van der Waals surface area (Å²) >= 11 is 1.44. The molecule has 43 heavy (non-hydrogen) atoms. The summed E-state index contributed by atoms with van der Waals surface area (Å²) in [6.45, 7) is 7.44. The summed E-state index contributed by atoms with van der Waals surface area (Å²) in [5, 5.41) is 0.712. The topological polar surface area (TPSA) is 42.4 Å². The molecule has 1 aliphatic carbocycles. The number of alkyl halides is 3. The molecular weight excluding hydrogens is 590 g/mol. The molecule has 1 aliphatic heterocycles. The number of halogens is 3. The Balaban J connectivity index is 1.09. The van der Waals surface area contributed by atoms with E-state index >= 15 is 0 Å². The van der Waals surface area contributed by atoms with Gasteiger partial charge in [0.25, 0.3) is 0 Å². The summed E-state index contributed by atoms with van der Waals surface area (Å²) in [5.41, 5.74) is 1.65. The van der Waals surface area contributed by atoms with Crippen LogP contribution >= 0.6 is 23.1 Å². The van der Waals surface area contributed by atoms with Gasteiger partial charge in [-0.1, -0.05) is 69.3 Å². The van der Waals surface area contributed by atoms with E-state index < -0.39 is 5.51 Å². The average Bonchev–Trinajstić information content (AvgIpc) is 3.58. The Hall–Kier alpha value is -3.30. The van der Waals surface area contributed by atoms with Crippen LogP contribution in [0.25, 0.3) is 21.7 Å². The lowest BCUT2D eigenvalue weighted by molar-refractivity contribution is -0.0328. The van der Waals surface area contributed by atoms with Gasteiger partial charge in [-0.3, -0.25) is 0 Å². The number of likely N-dealkylation sites (tertiary alicyclic amines) is 1. The minimum absolute atomic E-state index is 0.0244. The fraction of sp³-hybridized carbons (Fsp3) is 0.353. The number of thiazole rings is 1. The predicted octanol–water partition coefficient (Wildman–Crippen LogP) is 9.85. The highest BCUT2D eigenvalue weighted by Gasteiger charge is 2.32. The van der Waals surface area contributed by atoms with Gasteiger partial charge in [0, 0.05) is 40.5 Å². The second-order valence-electron chi connectivity index (χ2n) is 12.2. The Morgan fingerprint density at radius 2 is 1.60 bits per heavy atom. The monoisotopic (exact) mass is 622 g/mol. The molecule has 4 aromatic rings. The third-order valence-corrected chi connectivity index (χ3v) is 10.2. The molecule has 0 spiro atoms. The average molecular weight is 623 g/mol. The summed E-state index contributed by atoms with van der Waals surface area (Å²) in [6, 6.07) is 21.7. The van der Waals surface area contributed by atoms with Gasteiger partial charge in [-0.25, -0.2) is 9.78 Å². The third kappa shape index (κ3) is 6.48. The van der Waals surface area contributed by atoms with E-state index in [-0.39, 0.29) is 40.0 Å². The Kier molecular flexibility index (Phi) is 8.07. The summed E-state index contributed by atoms with van der Waals surface area (Å²) < 4.78 is 45.5. The Morgan fingerprint density at radius 1 is 0.977 bits per heavy atom. The number of hydrogen-bond acceptors (Lipinski definition) is 5. The van der Waals surface area contributed by atoms with Crippen molar-refractivity contribution < 1.29 is 22.7 Å². The number of aromatic nitrogens is 1. The molecule has 6 rings (SSSR count). The third-order valence-electron chi connectivity index (χ3n) is 8.27. The van der Waals surface area contributed by atoms with E-state index in [1.54, 1.807) is 17.0 Å². The van der Waals surface area contributed by atoms with Crippen molar-refractivity contribution in [2.75, 3.05) is 19.7 Å². The minimum atomic E-state index is -4.36. The first-order valence-electron chi connectivity index (χ1n) is 14.4. The number of nitrogens with zero attached hydrogens (tertiary/aromatic N) is 2. The van der Waals surface area contributed by atoms with Crippen molar-refractivity contribution >= 4 is 29.2 Å². The molecule has 0 saturated carbocycles. The maximum absolute atomic E-state index is 13.2. The number of amides is 1. The van der Waals surface area contributed by atoms with Crippen LogP contribution in [0.1, 0.15) is 67.0 Å². The van der Waals surface area contributed by atoms with E-state index in [0.717, 1.165) is 23.3 Å². The zero-order chi connectivity index (χ0) is 30.4. The Labute approximate surface area is 258 Å². The van der Waals surface area contributed by atoms with Gasteiger partial charge in [0.05, 0.1) is 0 Å². The highest BCUT2D eigenvalue weighted by molar-refractivity contribution is 8.00. The van der Waals surface area contributed by atoms with Crippen molar-refractivity contribution in [3.63, 3.8) is 0 Å². The van der Waals surface area contributed by atoms with Crippen LogP contribution in [0.15, 0.2) is 77.8 Å². The van der Waals surface area contributed by atoms with Crippen molar-refractivity contribution in [2.24, 2.45) is 0 Å². The first-order chi connectivity index (χ1) is 20.5. The number of thioether (sulfide) groups is 1. The van der Waals surface area contributed by atoms with Crippen molar-refractivity contribution in [1.29, 1.82) is 0 Å². The van der Waals surface area contributed by atoms with E-state index in [0.29, 0.717) is 30.3 Å². The van der Waals surface area contributed by atoms with Crippen LogP contribution in [-0.2, 0) is 10.2 Å². The Morgan fingerprint density at radius 3 is 2.21 bits per heavy atom. The number of benzene rings is 3. The highest BCUT2D eigenvalue weighted by atomic mass is 32.2. The molecule has 3 aromatic carbocycles. The van der Waals surface area contributed by atoms with Crippen LogP contribution in [0.2, 0.25) is 0 Å². The first-order valence-corrected chi connectivity index (χ1v) is 16.1. The molecule has 0 unspecified atom stereocenters. The SMILES string of the molecule is CC(C)(C)c1cc(SC(F)(F)F)cc(-c2ncc(C3CCN(C(=O)OCC4c5ccccc5-c5ccccc54)CC3)s2)c1. The largest absolute Gasteiger partial charge is 0.448 e. The number of piperidine rings is 1.